The molecule has 0 saturated heterocycles. The molecule has 1 aliphatic rings. The molecule has 0 amide bonds. The summed E-state index contributed by atoms with van der Waals surface area (Å²) in [5.74, 6) is -0.0701. The van der Waals surface area contributed by atoms with E-state index in [0.29, 0.717) is 12.3 Å². The highest BCUT2D eigenvalue weighted by Gasteiger charge is 2.35. The predicted molar refractivity (Wildman–Crippen MR) is 82.0 cm³/mol. The summed E-state index contributed by atoms with van der Waals surface area (Å²) in [4.78, 5) is 11.1. The number of rotatable bonds is 6. The maximum absolute atomic E-state index is 11.1. The normalized spacial score (nSPS) is 17.6. The number of carboxylic acids is 1. The second kappa shape index (κ2) is 6.43. The van der Waals surface area contributed by atoms with Crippen LogP contribution in [0, 0.1) is 5.41 Å². The Kier molecular flexibility index (Phi) is 4.85. The van der Waals surface area contributed by atoms with Crippen molar-refractivity contribution in [3.63, 3.8) is 0 Å². The Bertz CT molecular complexity index is 439. The van der Waals surface area contributed by atoms with Crippen LogP contribution in [0.2, 0.25) is 0 Å². The molecule has 0 heterocycles. The maximum Gasteiger partial charge on any atom is 0.303 e. The summed E-state index contributed by atoms with van der Waals surface area (Å²) in [5.41, 5.74) is 2.77. The van der Waals surface area contributed by atoms with Crippen molar-refractivity contribution in [3.8, 4) is 0 Å². The smallest absolute Gasteiger partial charge is 0.303 e. The molecule has 0 aromatic heterocycles. The van der Waals surface area contributed by atoms with Crippen molar-refractivity contribution in [1.82, 2.24) is 0 Å². The van der Waals surface area contributed by atoms with Gasteiger partial charge in [-0.25, -0.2) is 0 Å². The van der Waals surface area contributed by atoms with Gasteiger partial charge in [0.1, 0.15) is 0 Å². The SMILES string of the molecule is CC(C)c1ccc(CCC2(CC(=O)O)CCCC2)cc1. The molecule has 2 rings (SSSR count). The first-order valence-corrected chi connectivity index (χ1v) is 7.81. The summed E-state index contributed by atoms with van der Waals surface area (Å²) in [6.07, 6.45) is 6.93. The van der Waals surface area contributed by atoms with Crippen molar-refractivity contribution in [2.45, 2.75) is 64.7 Å². The zero-order valence-electron chi connectivity index (χ0n) is 12.7. The van der Waals surface area contributed by atoms with Crippen molar-refractivity contribution in [2.24, 2.45) is 5.41 Å². The van der Waals surface area contributed by atoms with E-state index in [1.54, 1.807) is 0 Å². The summed E-state index contributed by atoms with van der Waals surface area (Å²) in [7, 11) is 0. The lowest BCUT2D eigenvalue weighted by Gasteiger charge is -2.27. The van der Waals surface area contributed by atoms with Crippen molar-refractivity contribution < 1.29 is 9.90 Å². The van der Waals surface area contributed by atoms with Gasteiger partial charge in [0.15, 0.2) is 0 Å². The number of hydrogen-bond acceptors (Lipinski definition) is 1. The van der Waals surface area contributed by atoms with E-state index >= 15 is 0 Å². The van der Waals surface area contributed by atoms with Gasteiger partial charge in [0.05, 0.1) is 6.42 Å². The standard InChI is InChI=1S/C18H26O2/c1-14(2)16-7-5-15(6-8-16)9-12-18(13-17(19)20)10-3-4-11-18/h5-8,14H,3-4,9-13H2,1-2H3,(H,19,20). The third kappa shape index (κ3) is 3.84. The van der Waals surface area contributed by atoms with Crippen LogP contribution in [0.5, 0.6) is 0 Å². The lowest BCUT2D eigenvalue weighted by atomic mass is 9.77. The predicted octanol–water partition coefficient (Wildman–Crippen LogP) is 4.78. The number of benzene rings is 1. The summed E-state index contributed by atoms with van der Waals surface area (Å²) in [5, 5.41) is 9.13. The van der Waals surface area contributed by atoms with E-state index in [1.807, 2.05) is 0 Å². The maximum atomic E-state index is 11.1. The van der Waals surface area contributed by atoms with E-state index in [0.717, 1.165) is 25.7 Å². The molecule has 0 spiro atoms. The lowest BCUT2D eigenvalue weighted by Crippen LogP contribution is -2.21. The third-order valence-electron chi connectivity index (χ3n) is 4.78. The van der Waals surface area contributed by atoms with Crippen LogP contribution in [0.1, 0.15) is 69.4 Å². The monoisotopic (exact) mass is 274 g/mol. The molecule has 1 aliphatic carbocycles. The molecule has 0 unspecified atom stereocenters. The minimum Gasteiger partial charge on any atom is -0.481 e. The molecular weight excluding hydrogens is 248 g/mol. The molecule has 1 fully saturated rings. The van der Waals surface area contributed by atoms with Gasteiger partial charge in [-0.1, -0.05) is 51.0 Å². The fourth-order valence-electron chi connectivity index (χ4n) is 3.44. The first-order valence-electron chi connectivity index (χ1n) is 7.81. The fraction of sp³-hybridized carbons (Fsp3) is 0.611. The van der Waals surface area contributed by atoms with Gasteiger partial charge in [-0.3, -0.25) is 4.79 Å². The van der Waals surface area contributed by atoms with Gasteiger partial charge in [0.25, 0.3) is 0 Å². The molecule has 110 valence electrons. The Morgan fingerprint density at radius 2 is 1.80 bits per heavy atom. The molecule has 0 aliphatic heterocycles. The second-order valence-corrected chi connectivity index (χ2v) is 6.67. The van der Waals surface area contributed by atoms with Crippen molar-refractivity contribution in [1.29, 1.82) is 0 Å². The number of carbonyl (C=O) groups is 1. The van der Waals surface area contributed by atoms with Crippen LogP contribution in [-0.2, 0) is 11.2 Å². The molecular formula is C18H26O2. The zero-order chi connectivity index (χ0) is 14.6. The van der Waals surface area contributed by atoms with Gasteiger partial charge in [0.2, 0.25) is 0 Å². The number of aliphatic carboxylic acids is 1. The average Bonchev–Trinajstić information content (AvgIpc) is 2.85. The van der Waals surface area contributed by atoms with Crippen molar-refractivity contribution in [3.05, 3.63) is 35.4 Å². The van der Waals surface area contributed by atoms with Crippen LogP contribution in [0.15, 0.2) is 24.3 Å². The van der Waals surface area contributed by atoms with Crippen LogP contribution >= 0.6 is 0 Å². The summed E-state index contributed by atoms with van der Waals surface area (Å²) >= 11 is 0. The van der Waals surface area contributed by atoms with E-state index in [2.05, 4.69) is 38.1 Å². The van der Waals surface area contributed by atoms with Crippen LogP contribution < -0.4 is 0 Å². The fourth-order valence-corrected chi connectivity index (χ4v) is 3.44. The Morgan fingerprint density at radius 3 is 2.30 bits per heavy atom. The Balaban J connectivity index is 1.97. The molecule has 1 N–H and O–H groups in total. The number of carboxylic acid groups (broad SMARTS) is 1. The average molecular weight is 274 g/mol. The van der Waals surface area contributed by atoms with Crippen LogP contribution in [0.4, 0.5) is 0 Å². The van der Waals surface area contributed by atoms with E-state index in [4.69, 9.17) is 5.11 Å². The molecule has 0 atom stereocenters. The molecule has 1 saturated carbocycles. The largest absolute Gasteiger partial charge is 0.481 e. The summed E-state index contributed by atoms with van der Waals surface area (Å²) in [6.45, 7) is 4.41. The van der Waals surface area contributed by atoms with Crippen LogP contribution in [0.3, 0.4) is 0 Å². The molecule has 2 nitrogen and oxygen atoms in total. The second-order valence-electron chi connectivity index (χ2n) is 6.67. The first kappa shape index (κ1) is 15.1. The van der Waals surface area contributed by atoms with Gasteiger partial charge >= 0.3 is 5.97 Å². The quantitative estimate of drug-likeness (QED) is 0.810. The Morgan fingerprint density at radius 1 is 1.20 bits per heavy atom. The van der Waals surface area contributed by atoms with E-state index in [9.17, 15) is 4.79 Å². The minimum absolute atomic E-state index is 0.0581. The van der Waals surface area contributed by atoms with Crippen molar-refractivity contribution >= 4 is 5.97 Å². The molecule has 1 aromatic carbocycles. The Hall–Kier alpha value is -1.31. The molecule has 20 heavy (non-hydrogen) atoms. The molecule has 1 aromatic rings. The molecule has 0 bridgehead atoms. The molecule has 2 heteroatoms. The number of hydrogen-bond donors (Lipinski definition) is 1. The van der Waals surface area contributed by atoms with Crippen LogP contribution in [-0.4, -0.2) is 11.1 Å². The van der Waals surface area contributed by atoms with E-state index < -0.39 is 5.97 Å². The van der Waals surface area contributed by atoms with Gasteiger partial charge in [-0.15, -0.1) is 0 Å². The lowest BCUT2D eigenvalue weighted by molar-refractivity contribution is -0.139. The highest BCUT2D eigenvalue weighted by atomic mass is 16.4. The Labute approximate surface area is 122 Å². The van der Waals surface area contributed by atoms with Crippen LogP contribution in [0.25, 0.3) is 0 Å². The number of aryl methyl sites for hydroxylation is 1. The minimum atomic E-state index is -0.637. The summed E-state index contributed by atoms with van der Waals surface area (Å²) in [6, 6.07) is 8.83. The molecule has 0 radical (unpaired) electrons. The summed E-state index contributed by atoms with van der Waals surface area (Å²) < 4.78 is 0. The zero-order valence-corrected chi connectivity index (χ0v) is 12.7. The highest BCUT2D eigenvalue weighted by Crippen LogP contribution is 2.44. The van der Waals surface area contributed by atoms with Gasteiger partial charge in [-0.2, -0.15) is 0 Å². The van der Waals surface area contributed by atoms with E-state index in [-0.39, 0.29) is 5.41 Å². The van der Waals surface area contributed by atoms with E-state index in [1.165, 1.54) is 24.0 Å². The topological polar surface area (TPSA) is 37.3 Å². The van der Waals surface area contributed by atoms with Gasteiger partial charge < -0.3 is 5.11 Å². The first-order chi connectivity index (χ1) is 9.51. The van der Waals surface area contributed by atoms with Crippen molar-refractivity contribution in [2.75, 3.05) is 0 Å². The third-order valence-corrected chi connectivity index (χ3v) is 4.78. The highest BCUT2D eigenvalue weighted by molar-refractivity contribution is 5.67. The van der Waals surface area contributed by atoms with Gasteiger partial charge in [0, 0.05) is 0 Å². The van der Waals surface area contributed by atoms with Gasteiger partial charge in [-0.05, 0) is 48.1 Å².